The topological polar surface area (TPSA) is 12.0 Å². The molecule has 3 unspecified atom stereocenters. The smallest absolute Gasteiger partial charge is 0.00795 e. The zero-order valence-corrected chi connectivity index (χ0v) is 11.9. The monoisotopic (exact) mass is 251 g/mol. The number of thiophene rings is 1. The third kappa shape index (κ3) is 4.44. The molecule has 1 nitrogen and oxygen atoms in total. The maximum Gasteiger partial charge on any atom is 0.00795 e. The van der Waals surface area contributed by atoms with Crippen LogP contribution in [0.5, 0.6) is 0 Å². The minimum Gasteiger partial charge on any atom is -0.314 e. The second-order valence-corrected chi connectivity index (χ2v) is 6.56. The molecular weight excluding hydrogens is 226 g/mol. The van der Waals surface area contributed by atoms with Crippen LogP contribution in [0, 0.1) is 11.8 Å². The lowest BCUT2D eigenvalue weighted by Crippen LogP contribution is -2.34. The third-order valence-corrected chi connectivity index (χ3v) is 4.65. The van der Waals surface area contributed by atoms with Gasteiger partial charge in [0.15, 0.2) is 0 Å². The molecule has 1 aromatic heterocycles. The van der Waals surface area contributed by atoms with E-state index in [1.54, 1.807) is 11.3 Å². The molecule has 1 aromatic rings. The molecule has 1 aliphatic carbocycles. The van der Waals surface area contributed by atoms with Crippen molar-refractivity contribution in [3.05, 3.63) is 22.4 Å². The first kappa shape index (κ1) is 13.1. The fourth-order valence-corrected chi connectivity index (χ4v) is 3.63. The van der Waals surface area contributed by atoms with Crippen LogP contribution in [0.4, 0.5) is 0 Å². The Hall–Kier alpha value is -0.340. The fourth-order valence-electron chi connectivity index (χ4n) is 2.95. The van der Waals surface area contributed by atoms with E-state index in [1.165, 1.54) is 44.2 Å². The molecule has 0 saturated heterocycles. The Bertz CT molecular complexity index is 307. The van der Waals surface area contributed by atoms with Crippen molar-refractivity contribution in [2.24, 2.45) is 11.8 Å². The highest BCUT2D eigenvalue weighted by atomic mass is 32.1. The number of rotatable bonds is 5. The summed E-state index contributed by atoms with van der Waals surface area (Å²) in [6, 6.07) is 2.85. The van der Waals surface area contributed by atoms with Gasteiger partial charge in [-0.15, -0.1) is 0 Å². The summed E-state index contributed by atoms with van der Waals surface area (Å²) in [5, 5.41) is 8.15. The van der Waals surface area contributed by atoms with Crippen molar-refractivity contribution < 1.29 is 0 Å². The van der Waals surface area contributed by atoms with Crippen molar-refractivity contribution >= 4 is 11.3 Å². The number of hydrogen-bond acceptors (Lipinski definition) is 2. The van der Waals surface area contributed by atoms with Crippen LogP contribution in [0.1, 0.15) is 45.1 Å². The number of nitrogens with one attached hydrogen (secondary N) is 1. The molecule has 0 aliphatic heterocycles. The molecule has 1 aliphatic rings. The van der Waals surface area contributed by atoms with Gasteiger partial charge in [-0.2, -0.15) is 11.3 Å². The van der Waals surface area contributed by atoms with Gasteiger partial charge in [0.2, 0.25) is 0 Å². The normalized spacial score (nSPS) is 26.9. The van der Waals surface area contributed by atoms with Crippen LogP contribution in [0.3, 0.4) is 0 Å². The molecular formula is C15H25NS. The van der Waals surface area contributed by atoms with E-state index in [0.29, 0.717) is 6.04 Å². The van der Waals surface area contributed by atoms with Gasteiger partial charge in [0.05, 0.1) is 0 Å². The molecule has 3 atom stereocenters. The molecule has 2 heteroatoms. The minimum absolute atomic E-state index is 0.613. The predicted molar refractivity (Wildman–Crippen MR) is 76.6 cm³/mol. The largest absolute Gasteiger partial charge is 0.314 e. The van der Waals surface area contributed by atoms with Gasteiger partial charge in [-0.3, -0.25) is 0 Å². The lowest BCUT2D eigenvalue weighted by molar-refractivity contribution is 0.268. The molecule has 17 heavy (non-hydrogen) atoms. The van der Waals surface area contributed by atoms with Gasteiger partial charge in [0.1, 0.15) is 0 Å². The summed E-state index contributed by atoms with van der Waals surface area (Å²) in [5.74, 6) is 1.87. The van der Waals surface area contributed by atoms with Gasteiger partial charge in [-0.1, -0.05) is 19.8 Å². The second kappa shape index (κ2) is 6.55. The second-order valence-electron chi connectivity index (χ2n) is 5.78. The Morgan fingerprint density at radius 3 is 3.06 bits per heavy atom. The van der Waals surface area contributed by atoms with Gasteiger partial charge in [0, 0.05) is 6.04 Å². The SMILES string of the molecule is CC1CCCC(CNC(C)Cc2ccsc2)C1. The molecule has 1 heterocycles. The van der Waals surface area contributed by atoms with E-state index >= 15 is 0 Å². The summed E-state index contributed by atoms with van der Waals surface area (Å²) < 4.78 is 0. The minimum atomic E-state index is 0.613. The molecule has 0 amide bonds. The highest BCUT2D eigenvalue weighted by Gasteiger charge is 2.18. The zero-order chi connectivity index (χ0) is 12.1. The van der Waals surface area contributed by atoms with Crippen molar-refractivity contribution in [2.75, 3.05) is 6.54 Å². The molecule has 1 fully saturated rings. The van der Waals surface area contributed by atoms with Crippen LogP contribution in [0.2, 0.25) is 0 Å². The van der Waals surface area contributed by atoms with Crippen LogP contribution in [0.15, 0.2) is 16.8 Å². The molecule has 2 rings (SSSR count). The summed E-state index contributed by atoms with van der Waals surface area (Å²) in [7, 11) is 0. The molecule has 0 bridgehead atoms. The first-order chi connectivity index (χ1) is 8.24. The Morgan fingerprint density at radius 2 is 2.35 bits per heavy atom. The summed E-state index contributed by atoms with van der Waals surface area (Å²) in [5.41, 5.74) is 1.48. The van der Waals surface area contributed by atoms with Crippen LogP contribution < -0.4 is 5.32 Å². The first-order valence-corrected chi connectivity index (χ1v) is 7.92. The quantitative estimate of drug-likeness (QED) is 0.831. The molecule has 1 saturated carbocycles. The van der Waals surface area contributed by atoms with E-state index in [9.17, 15) is 0 Å². The lowest BCUT2D eigenvalue weighted by atomic mass is 9.82. The Kier molecular flexibility index (Phi) is 5.05. The van der Waals surface area contributed by atoms with E-state index < -0.39 is 0 Å². The Labute approximate surface area is 110 Å². The molecule has 0 aromatic carbocycles. The Balaban J connectivity index is 1.67. The van der Waals surface area contributed by atoms with Gasteiger partial charge in [-0.25, -0.2) is 0 Å². The van der Waals surface area contributed by atoms with Crippen LogP contribution in [-0.2, 0) is 6.42 Å². The highest BCUT2D eigenvalue weighted by Crippen LogP contribution is 2.28. The van der Waals surface area contributed by atoms with E-state index in [2.05, 4.69) is 36.0 Å². The summed E-state index contributed by atoms with van der Waals surface area (Å²) in [6.45, 7) is 5.93. The summed E-state index contributed by atoms with van der Waals surface area (Å²) in [4.78, 5) is 0. The maximum atomic E-state index is 3.72. The first-order valence-electron chi connectivity index (χ1n) is 6.98. The van der Waals surface area contributed by atoms with Crippen molar-refractivity contribution in [3.8, 4) is 0 Å². The Morgan fingerprint density at radius 1 is 1.47 bits per heavy atom. The van der Waals surface area contributed by atoms with Crippen molar-refractivity contribution in [2.45, 2.75) is 52.0 Å². The zero-order valence-electron chi connectivity index (χ0n) is 11.1. The predicted octanol–water partition coefficient (Wildman–Crippen LogP) is 4.10. The van der Waals surface area contributed by atoms with Gasteiger partial charge in [-0.05, 0) is 67.0 Å². The van der Waals surface area contributed by atoms with E-state index in [4.69, 9.17) is 0 Å². The lowest BCUT2D eigenvalue weighted by Gasteiger charge is -2.28. The summed E-state index contributed by atoms with van der Waals surface area (Å²) in [6.07, 6.45) is 6.92. The van der Waals surface area contributed by atoms with E-state index in [-0.39, 0.29) is 0 Å². The molecule has 0 radical (unpaired) electrons. The van der Waals surface area contributed by atoms with Crippen molar-refractivity contribution in [1.82, 2.24) is 5.32 Å². The average molecular weight is 251 g/mol. The highest BCUT2D eigenvalue weighted by molar-refractivity contribution is 7.07. The molecule has 96 valence electrons. The average Bonchev–Trinajstić information content (AvgIpc) is 2.79. The molecule has 0 spiro atoms. The maximum absolute atomic E-state index is 3.72. The third-order valence-electron chi connectivity index (χ3n) is 3.92. The van der Waals surface area contributed by atoms with Gasteiger partial charge in [0.25, 0.3) is 0 Å². The van der Waals surface area contributed by atoms with Gasteiger partial charge >= 0.3 is 0 Å². The van der Waals surface area contributed by atoms with Crippen LogP contribution in [-0.4, -0.2) is 12.6 Å². The fraction of sp³-hybridized carbons (Fsp3) is 0.733. The molecule has 1 N–H and O–H groups in total. The van der Waals surface area contributed by atoms with Crippen LogP contribution in [0.25, 0.3) is 0 Å². The van der Waals surface area contributed by atoms with Crippen molar-refractivity contribution in [3.63, 3.8) is 0 Å². The number of hydrogen-bond donors (Lipinski definition) is 1. The van der Waals surface area contributed by atoms with E-state index in [0.717, 1.165) is 11.8 Å². The van der Waals surface area contributed by atoms with E-state index in [1.807, 2.05) is 0 Å². The summed E-state index contributed by atoms with van der Waals surface area (Å²) >= 11 is 1.80. The van der Waals surface area contributed by atoms with Gasteiger partial charge < -0.3 is 5.32 Å². The van der Waals surface area contributed by atoms with Crippen LogP contribution >= 0.6 is 11.3 Å². The van der Waals surface area contributed by atoms with Crippen molar-refractivity contribution in [1.29, 1.82) is 0 Å². The standard InChI is InChI=1S/C15H25NS/c1-12-4-3-5-14(8-12)10-16-13(2)9-15-6-7-17-11-15/h6-7,11-14,16H,3-5,8-10H2,1-2H3.